The maximum atomic E-state index is 10.1. The molecule has 6 rings (SSSR count). The first-order valence-corrected chi connectivity index (χ1v) is 15.5. The molecule has 4 aromatic rings. The Balaban J connectivity index is 1.60. The summed E-state index contributed by atoms with van der Waals surface area (Å²) in [6.45, 7) is 7.10. The monoisotopic (exact) mass is 452 g/mol. The van der Waals surface area contributed by atoms with E-state index in [9.17, 15) is 6.63 Å². The summed E-state index contributed by atoms with van der Waals surface area (Å²) in [5.74, 6) is 0.476. The van der Waals surface area contributed by atoms with Gasteiger partial charge in [-0.3, -0.25) is 0 Å². The first-order valence-electron chi connectivity index (χ1n) is 12.6. The van der Waals surface area contributed by atoms with Crippen LogP contribution in [-0.2, 0) is 7.05 Å². The summed E-state index contributed by atoms with van der Waals surface area (Å²) in [5, 5.41) is 12.1. The molecule has 1 saturated carbocycles. The summed E-state index contributed by atoms with van der Waals surface area (Å²) in [6, 6.07) is 19.4. The van der Waals surface area contributed by atoms with E-state index in [4.69, 9.17) is 4.42 Å². The van der Waals surface area contributed by atoms with Crippen molar-refractivity contribution in [3.05, 3.63) is 65.4 Å². The quantitative estimate of drug-likeness (QED) is 0.241. The van der Waals surface area contributed by atoms with Gasteiger partial charge in [-0.05, 0) is 61.3 Å². The highest BCUT2D eigenvalue weighted by atomic mass is 28.3. The molecule has 166 valence electrons. The van der Waals surface area contributed by atoms with Gasteiger partial charge in [0.15, 0.2) is 6.20 Å². The molecule has 0 amide bonds. The lowest BCUT2D eigenvalue weighted by Crippen LogP contribution is -2.30. The van der Waals surface area contributed by atoms with Crippen LogP contribution in [0.25, 0.3) is 33.2 Å². The number of hydrogen-bond acceptors (Lipinski definition) is 2. The zero-order valence-electron chi connectivity index (χ0n) is 20.9. The Morgan fingerprint density at radius 1 is 1.03 bits per heavy atom. The molecule has 2 aromatic heterocycles. The molecule has 3 nitrogen and oxygen atoms in total. The molecule has 2 unspecified atom stereocenters. The fourth-order valence-corrected chi connectivity index (χ4v) is 10.7. The summed E-state index contributed by atoms with van der Waals surface area (Å²) >= 11 is 0. The van der Waals surface area contributed by atoms with Gasteiger partial charge in [0, 0.05) is 37.9 Å². The maximum absolute atomic E-state index is 10.1. The molecule has 2 aromatic carbocycles. The lowest BCUT2D eigenvalue weighted by molar-refractivity contribution is -0.660. The van der Waals surface area contributed by atoms with Crippen LogP contribution in [0.1, 0.15) is 36.8 Å². The Kier molecular flexibility index (Phi) is 4.33. The number of nitrogens with zero attached hydrogens (tertiary/aromatic N) is 2. The van der Waals surface area contributed by atoms with Crippen LogP contribution >= 0.6 is 0 Å². The van der Waals surface area contributed by atoms with E-state index in [0.717, 1.165) is 57.2 Å². The minimum absolute atomic E-state index is 0.599. The highest BCUT2D eigenvalue weighted by Gasteiger charge is 2.47. The molecule has 1 aliphatic carbocycles. The van der Waals surface area contributed by atoms with E-state index in [0.29, 0.717) is 17.4 Å². The summed E-state index contributed by atoms with van der Waals surface area (Å²) in [7, 11) is 0.920. The van der Waals surface area contributed by atoms with Crippen molar-refractivity contribution in [3.63, 3.8) is 0 Å². The average Bonchev–Trinajstić information content (AvgIpc) is 3.39. The van der Waals surface area contributed by atoms with E-state index in [1.165, 1.54) is 12.1 Å². The first kappa shape index (κ1) is 19.6. The van der Waals surface area contributed by atoms with E-state index >= 15 is 0 Å². The third kappa shape index (κ3) is 3.17. The molecule has 33 heavy (non-hydrogen) atoms. The second-order valence-electron chi connectivity index (χ2n) is 11.0. The van der Waals surface area contributed by atoms with E-state index in [2.05, 4.69) is 68.2 Å². The third-order valence-corrected chi connectivity index (χ3v) is 11.4. The highest BCUT2D eigenvalue weighted by molar-refractivity contribution is 6.78. The van der Waals surface area contributed by atoms with E-state index in [-0.39, 0.29) is 0 Å². The molecule has 2 atom stereocenters. The standard InChI is InChI=1S/C29H31N2OSi/c1-18-8-10-23-24-11-9-19(15-30)27(20-13-21-16-33(3,4)17-22(21)14-20)29(24)32-28(23)26(18)25-7-5-6-12-31(25)2/h5-12,20-22H,13-14,16-17H2,1-4H3/q+1/i20D. The van der Waals surface area contributed by atoms with E-state index < -0.39 is 14.0 Å². The Hall–Kier alpha value is -2.90. The molecule has 0 N–H and O–H groups in total. The summed E-state index contributed by atoms with van der Waals surface area (Å²) in [6.07, 6.45) is 3.74. The average molecular weight is 453 g/mol. The zero-order valence-corrected chi connectivity index (χ0v) is 20.9. The molecule has 3 heterocycles. The van der Waals surface area contributed by atoms with Crippen LogP contribution in [0.3, 0.4) is 0 Å². The minimum atomic E-state index is -1.13. The van der Waals surface area contributed by atoms with Crippen molar-refractivity contribution in [1.82, 2.24) is 0 Å². The lowest BCUT2D eigenvalue weighted by Gasteiger charge is -2.19. The van der Waals surface area contributed by atoms with E-state index in [1.807, 2.05) is 18.2 Å². The van der Waals surface area contributed by atoms with Crippen molar-refractivity contribution in [2.45, 2.75) is 50.8 Å². The molecular weight excluding hydrogens is 420 g/mol. The SMILES string of the molecule is [2H]C1(c2c(C#N)ccc3c2oc2c(-c4cccc[n+]4C)c(C)ccc23)CC2C[Si](C)(C)CC2C1. The Morgan fingerprint density at radius 2 is 1.73 bits per heavy atom. The van der Waals surface area contributed by atoms with Crippen LogP contribution in [0.4, 0.5) is 0 Å². The molecule has 0 bridgehead atoms. The fourth-order valence-electron chi connectivity index (χ4n) is 6.78. The maximum Gasteiger partial charge on any atom is 0.216 e. The van der Waals surface area contributed by atoms with Crippen LogP contribution < -0.4 is 4.57 Å². The van der Waals surface area contributed by atoms with Crippen molar-refractivity contribution in [1.29, 1.82) is 5.26 Å². The summed E-state index contributed by atoms with van der Waals surface area (Å²) in [5.41, 5.74) is 6.33. The van der Waals surface area contributed by atoms with Crippen LogP contribution in [0.2, 0.25) is 25.2 Å². The Labute approximate surface area is 198 Å². The van der Waals surface area contributed by atoms with Gasteiger partial charge < -0.3 is 4.42 Å². The van der Waals surface area contributed by atoms with Crippen molar-refractivity contribution in [2.24, 2.45) is 18.9 Å². The van der Waals surface area contributed by atoms with Crippen molar-refractivity contribution < 1.29 is 10.4 Å². The second kappa shape index (κ2) is 7.30. The molecular formula is C29H31N2OSi+. The van der Waals surface area contributed by atoms with Crippen LogP contribution in [0.5, 0.6) is 0 Å². The molecule has 2 fully saturated rings. The number of aryl methyl sites for hydroxylation is 2. The number of rotatable bonds is 2. The predicted molar refractivity (Wildman–Crippen MR) is 136 cm³/mol. The van der Waals surface area contributed by atoms with Gasteiger partial charge in [-0.2, -0.15) is 5.26 Å². The number of aromatic nitrogens is 1. The first-order chi connectivity index (χ1) is 16.2. The van der Waals surface area contributed by atoms with Crippen LogP contribution in [-0.4, -0.2) is 8.07 Å². The van der Waals surface area contributed by atoms with Crippen LogP contribution in [0, 0.1) is 30.1 Å². The van der Waals surface area contributed by atoms with Gasteiger partial charge in [-0.15, -0.1) is 0 Å². The van der Waals surface area contributed by atoms with Crippen molar-refractivity contribution >= 4 is 30.0 Å². The van der Waals surface area contributed by atoms with Crippen LogP contribution in [0.15, 0.2) is 53.1 Å². The number of hydrogen-bond donors (Lipinski definition) is 0. The number of benzene rings is 2. The molecule has 1 saturated heterocycles. The number of nitriles is 1. The number of pyridine rings is 1. The smallest absolute Gasteiger partial charge is 0.216 e. The van der Waals surface area contributed by atoms with Gasteiger partial charge in [0.25, 0.3) is 0 Å². The predicted octanol–water partition coefficient (Wildman–Crippen LogP) is 7.09. The molecule has 2 aliphatic rings. The minimum Gasteiger partial charge on any atom is -0.455 e. The van der Waals surface area contributed by atoms with Gasteiger partial charge in [-0.25, -0.2) is 4.57 Å². The highest BCUT2D eigenvalue weighted by Crippen LogP contribution is 2.55. The third-order valence-electron chi connectivity index (χ3n) is 8.12. The largest absolute Gasteiger partial charge is 0.455 e. The molecule has 1 aliphatic heterocycles. The Bertz CT molecular complexity index is 1500. The van der Waals surface area contributed by atoms with Gasteiger partial charge in [0.05, 0.1) is 17.2 Å². The normalized spacial score (nSPS) is 26.5. The zero-order chi connectivity index (χ0) is 23.8. The fraction of sp³-hybridized carbons (Fsp3) is 0.379. The second-order valence-corrected chi connectivity index (χ2v) is 16.2. The molecule has 0 radical (unpaired) electrons. The van der Waals surface area contributed by atoms with Crippen molar-refractivity contribution in [2.75, 3.05) is 0 Å². The number of furan rings is 1. The summed E-state index contributed by atoms with van der Waals surface area (Å²) < 4.78 is 18.5. The van der Waals surface area contributed by atoms with Gasteiger partial charge in [0.1, 0.15) is 18.2 Å². The van der Waals surface area contributed by atoms with Gasteiger partial charge in [0.2, 0.25) is 5.69 Å². The van der Waals surface area contributed by atoms with Gasteiger partial charge >= 0.3 is 0 Å². The topological polar surface area (TPSA) is 40.8 Å². The van der Waals surface area contributed by atoms with Gasteiger partial charge in [-0.1, -0.05) is 37.3 Å². The molecule has 4 heteroatoms. The lowest BCUT2D eigenvalue weighted by atomic mass is 9.90. The van der Waals surface area contributed by atoms with Crippen molar-refractivity contribution in [3.8, 4) is 17.3 Å². The Morgan fingerprint density at radius 3 is 2.42 bits per heavy atom. The summed E-state index contributed by atoms with van der Waals surface area (Å²) in [4.78, 5) is 0. The molecule has 0 spiro atoms. The van der Waals surface area contributed by atoms with E-state index in [1.54, 1.807) is 0 Å². The number of fused-ring (bicyclic) bond motifs is 4.